The molecule has 0 aromatic carbocycles. The minimum Gasteiger partial charge on any atom is -0.481 e. The normalized spacial score (nSPS) is 10.8. The molecule has 0 fully saturated rings. The van der Waals surface area contributed by atoms with Crippen molar-refractivity contribution in [3.63, 3.8) is 0 Å². The number of hydrogen-bond acceptors (Lipinski definition) is 4. The molecule has 0 atom stereocenters. The van der Waals surface area contributed by atoms with E-state index < -0.39 is 0 Å². The number of H-pyrrole nitrogens is 1. The summed E-state index contributed by atoms with van der Waals surface area (Å²) in [6.45, 7) is 1.95. The van der Waals surface area contributed by atoms with Crippen LogP contribution in [0.2, 0.25) is 0 Å². The summed E-state index contributed by atoms with van der Waals surface area (Å²) in [7, 11) is 1.59. The van der Waals surface area contributed by atoms with E-state index in [4.69, 9.17) is 4.74 Å². The van der Waals surface area contributed by atoms with Gasteiger partial charge >= 0.3 is 0 Å². The Morgan fingerprint density at radius 1 is 1.11 bits per heavy atom. The monoisotopic (exact) mass is 240 g/mol. The molecule has 3 heterocycles. The van der Waals surface area contributed by atoms with Crippen LogP contribution in [0.4, 0.5) is 0 Å². The van der Waals surface area contributed by atoms with Gasteiger partial charge in [-0.05, 0) is 25.1 Å². The van der Waals surface area contributed by atoms with Crippen molar-refractivity contribution in [2.24, 2.45) is 0 Å². The Morgan fingerprint density at radius 3 is 2.72 bits per heavy atom. The minimum atomic E-state index is 0.558. The molecule has 3 aromatic heterocycles. The summed E-state index contributed by atoms with van der Waals surface area (Å²) in [5, 5.41) is 0. The van der Waals surface area contributed by atoms with Crippen LogP contribution in [0.1, 0.15) is 5.69 Å². The molecule has 5 nitrogen and oxygen atoms in total. The highest BCUT2D eigenvalue weighted by Crippen LogP contribution is 2.20. The number of ether oxygens (including phenoxy) is 1. The summed E-state index contributed by atoms with van der Waals surface area (Å²) in [4.78, 5) is 16.2. The van der Waals surface area contributed by atoms with E-state index in [-0.39, 0.29) is 0 Å². The number of pyridine rings is 2. The topological polar surface area (TPSA) is 63.7 Å². The highest BCUT2D eigenvalue weighted by molar-refractivity contribution is 5.76. The summed E-state index contributed by atoms with van der Waals surface area (Å²) in [6, 6.07) is 7.64. The van der Waals surface area contributed by atoms with Crippen LogP contribution in [0.25, 0.3) is 22.6 Å². The second-order valence-electron chi connectivity index (χ2n) is 4.00. The molecule has 0 amide bonds. The Kier molecular flexibility index (Phi) is 2.44. The predicted octanol–water partition coefficient (Wildman–Crippen LogP) is 2.34. The number of aryl methyl sites for hydroxylation is 1. The summed E-state index contributed by atoms with van der Waals surface area (Å²) in [5.41, 5.74) is 3.45. The van der Waals surface area contributed by atoms with Gasteiger partial charge in [0.25, 0.3) is 0 Å². The molecule has 3 rings (SSSR count). The van der Waals surface area contributed by atoms with Gasteiger partial charge in [0.15, 0.2) is 5.65 Å². The third-order valence-corrected chi connectivity index (χ3v) is 2.71. The molecule has 0 saturated carbocycles. The summed E-state index contributed by atoms with van der Waals surface area (Å²) < 4.78 is 5.08. The van der Waals surface area contributed by atoms with Crippen LogP contribution >= 0.6 is 0 Å². The number of aromatic amines is 1. The number of fused-ring (bicyclic) bond motifs is 1. The van der Waals surface area contributed by atoms with Crippen LogP contribution in [0.3, 0.4) is 0 Å². The first-order valence-electron chi connectivity index (χ1n) is 5.60. The van der Waals surface area contributed by atoms with Crippen molar-refractivity contribution in [1.29, 1.82) is 0 Å². The number of rotatable bonds is 2. The van der Waals surface area contributed by atoms with Crippen molar-refractivity contribution in [2.45, 2.75) is 6.92 Å². The maximum atomic E-state index is 5.08. The highest BCUT2D eigenvalue weighted by Gasteiger charge is 2.07. The van der Waals surface area contributed by atoms with Crippen molar-refractivity contribution in [2.75, 3.05) is 7.11 Å². The second kappa shape index (κ2) is 4.10. The third-order valence-electron chi connectivity index (χ3n) is 2.71. The van der Waals surface area contributed by atoms with E-state index in [2.05, 4.69) is 19.9 Å². The summed E-state index contributed by atoms with van der Waals surface area (Å²) in [6.07, 6.45) is 1.80. The van der Waals surface area contributed by atoms with E-state index in [0.717, 1.165) is 22.6 Å². The Bertz CT molecular complexity index is 688. The number of hydrogen-bond donors (Lipinski definition) is 1. The molecule has 0 aliphatic rings. The molecule has 0 radical (unpaired) electrons. The maximum Gasteiger partial charge on any atom is 0.215 e. The van der Waals surface area contributed by atoms with Crippen molar-refractivity contribution in [3.8, 4) is 17.3 Å². The van der Waals surface area contributed by atoms with E-state index in [1.807, 2.05) is 25.1 Å². The van der Waals surface area contributed by atoms with E-state index in [1.165, 1.54) is 0 Å². The minimum absolute atomic E-state index is 0.558. The van der Waals surface area contributed by atoms with Gasteiger partial charge in [0, 0.05) is 23.5 Å². The lowest BCUT2D eigenvalue weighted by atomic mass is 10.2. The van der Waals surface area contributed by atoms with Gasteiger partial charge in [0.05, 0.1) is 12.6 Å². The van der Waals surface area contributed by atoms with Crippen LogP contribution in [-0.2, 0) is 0 Å². The Balaban J connectivity index is 2.10. The Morgan fingerprint density at radius 2 is 2.00 bits per heavy atom. The van der Waals surface area contributed by atoms with Crippen LogP contribution < -0.4 is 4.74 Å². The fraction of sp³-hybridized carbons (Fsp3) is 0.154. The number of aromatic nitrogens is 4. The first kappa shape index (κ1) is 10.7. The zero-order chi connectivity index (χ0) is 12.5. The zero-order valence-electron chi connectivity index (χ0n) is 10.1. The molecule has 1 N–H and O–H groups in total. The van der Waals surface area contributed by atoms with Gasteiger partial charge in [0.2, 0.25) is 5.88 Å². The molecular weight excluding hydrogens is 228 g/mol. The maximum absolute atomic E-state index is 5.08. The summed E-state index contributed by atoms with van der Waals surface area (Å²) >= 11 is 0. The lowest BCUT2D eigenvalue weighted by molar-refractivity contribution is 0.399. The van der Waals surface area contributed by atoms with Crippen LogP contribution in [-0.4, -0.2) is 27.0 Å². The van der Waals surface area contributed by atoms with Crippen LogP contribution in [0, 0.1) is 6.92 Å². The number of nitrogens with one attached hydrogen (secondary N) is 1. The third kappa shape index (κ3) is 1.79. The van der Waals surface area contributed by atoms with Gasteiger partial charge in [-0.1, -0.05) is 0 Å². The smallest absolute Gasteiger partial charge is 0.215 e. The van der Waals surface area contributed by atoms with E-state index in [0.29, 0.717) is 11.5 Å². The molecule has 0 aliphatic heterocycles. The fourth-order valence-electron chi connectivity index (χ4n) is 1.73. The van der Waals surface area contributed by atoms with Gasteiger partial charge in [-0.3, -0.25) is 4.98 Å². The zero-order valence-corrected chi connectivity index (χ0v) is 10.1. The number of methoxy groups -OCH3 is 1. The Hall–Kier alpha value is -2.43. The van der Waals surface area contributed by atoms with Crippen molar-refractivity contribution >= 4 is 11.2 Å². The molecule has 0 unspecified atom stereocenters. The molecule has 90 valence electrons. The highest BCUT2D eigenvalue weighted by atomic mass is 16.5. The van der Waals surface area contributed by atoms with Gasteiger partial charge < -0.3 is 9.72 Å². The molecule has 0 spiro atoms. The number of nitrogens with zero attached hydrogens (tertiary/aromatic N) is 3. The molecule has 0 aliphatic carbocycles. The second-order valence-corrected chi connectivity index (χ2v) is 4.00. The standard InChI is InChI=1S/C13H12N4O/c1-8-3-4-9(7-14-8)12-15-10-5-6-11(18-2)16-13(10)17-12/h3-7H,1-2H3,(H,15,16,17). The quantitative estimate of drug-likeness (QED) is 0.746. The van der Waals surface area contributed by atoms with Crippen LogP contribution in [0.5, 0.6) is 5.88 Å². The van der Waals surface area contributed by atoms with Crippen molar-refractivity contribution in [3.05, 3.63) is 36.2 Å². The average Bonchev–Trinajstić information content (AvgIpc) is 2.82. The first-order valence-corrected chi connectivity index (χ1v) is 5.60. The van der Waals surface area contributed by atoms with Crippen molar-refractivity contribution in [1.82, 2.24) is 19.9 Å². The van der Waals surface area contributed by atoms with E-state index >= 15 is 0 Å². The largest absolute Gasteiger partial charge is 0.481 e. The first-order chi connectivity index (χ1) is 8.76. The molecule has 5 heteroatoms. The van der Waals surface area contributed by atoms with Gasteiger partial charge in [0.1, 0.15) is 5.82 Å². The molecular formula is C13H12N4O. The average molecular weight is 240 g/mol. The number of imidazole rings is 1. The van der Waals surface area contributed by atoms with Gasteiger partial charge in [-0.2, -0.15) is 4.98 Å². The van der Waals surface area contributed by atoms with E-state index in [1.54, 1.807) is 19.4 Å². The predicted molar refractivity (Wildman–Crippen MR) is 68.4 cm³/mol. The van der Waals surface area contributed by atoms with Crippen molar-refractivity contribution < 1.29 is 4.74 Å². The van der Waals surface area contributed by atoms with Gasteiger partial charge in [-0.15, -0.1) is 0 Å². The molecule has 18 heavy (non-hydrogen) atoms. The van der Waals surface area contributed by atoms with Crippen LogP contribution in [0.15, 0.2) is 30.5 Å². The lowest BCUT2D eigenvalue weighted by Crippen LogP contribution is -1.86. The molecule has 0 bridgehead atoms. The Labute approximate surface area is 104 Å². The van der Waals surface area contributed by atoms with E-state index in [9.17, 15) is 0 Å². The SMILES string of the molecule is COc1ccc2[nH]c(-c3ccc(C)nc3)nc2n1. The fourth-order valence-corrected chi connectivity index (χ4v) is 1.73. The molecule has 3 aromatic rings. The molecule has 0 saturated heterocycles. The van der Waals surface area contributed by atoms with Gasteiger partial charge in [-0.25, -0.2) is 4.98 Å². The lowest BCUT2D eigenvalue weighted by Gasteiger charge is -1.95. The summed E-state index contributed by atoms with van der Waals surface area (Å²) in [5.74, 6) is 1.32.